The van der Waals surface area contributed by atoms with Crippen LogP contribution < -0.4 is 5.32 Å². The molecule has 0 unspecified atom stereocenters. The standard InChI is InChI=1S/C13H22N4S/c1-16-5-7-17(8-6-16)11-13(2-3-13)10-15-12-14-4-9-18-12/h4,9H,2-3,5-8,10-11H2,1H3,(H,14,15). The molecule has 0 bridgehead atoms. The van der Waals surface area contributed by atoms with Gasteiger partial charge in [0.1, 0.15) is 0 Å². The number of anilines is 1. The van der Waals surface area contributed by atoms with Crippen molar-refractivity contribution in [1.82, 2.24) is 14.8 Å². The highest BCUT2D eigenvalue weighted by Gasteiger charge is 2.43. The Bertz CT molecular complexity index is 366. The van der Waals surface area contributed by atoms with E-state index in [1.807, 2.05) is 11.6 Å². The van der Waals surface area contributed by atoms with Gasteiger partial charge in [0.25, 0.3) is 0 Å². The van der Waals surface area contributed by atoms with Crippen molar-refractivity contribution in [3.05, 3.63) is 11.6 Å². The third-order valence-electron chi connectivity index (χ3n) is 4.16. The molecule has 2 aliphatic rings. The normalized spacial score (nSPS) is 24.1. The highest BCUT2D eigenvalue weighted by molar-refractivity contribution is 7.13. The zero-order valence-electron chi connectivity index (χ0n) is 11.1. The van der Waals surface area contributed by atoms with Crippen LogP contribution in [0.4, 0.5) is 5.13 Å². The van der Waals surface area contributed by atoms with Crippen LogP contribution in [0.2, 0.25) is 0 Å². The van der Waals surface area contributed by atoms with Crippen LogP contribution in [0.25, 0.3) is 0 Å². The zero-order chi connectivity index (χ0) is 12.4. The number of thiazole rings is 1. The van der Waals surface area contributed by atoms with Crippen molar-refractivity contribution in [2.45, 2.75) is 12.8 Å². The van der Waals surface area contributed by atoms with Crippen molar-refractivity contribution in [3.63, 3.8) is 0 Å². The molecule has 0 spiro atoms. The number of aromatic nitrogens is 1. The minimum atomic E-state index is 0.529. The minimum Gasteiger partial charge on any atom is -0.361 e. The molecule has 1 aromatic heterocycles. The molecule has 1 saturated carbocycles. The van der Waals surface area contributed by atoms with Crippen molar-refractivity contribution in [2.75, 3.05) is 51.6 Å². The fraction of sp³-hybridized carbons (Fsp3) is 0.769. The van der Waals surface area contributed by atoms with Gasteiger partial charge in [0.15, 0.2) is 5.13 Å². The second kappa shape index (κ2) is 5.15. The molecule has 1 saturated heterocycles. The number of likely N-dealkylation sites (N-methyl/N-ethyl adjacent to an activating group) is 1. The molecule has 0 atom stereocenters. The van der Waals surface area contributed by atoms with Crippen molar-refractivity contribution < 1.29 is 0 Å². The highest BCUT2D eigenvalue weighted by Crippen LogP contribution is 2.46. The molecule has 1 aliphatic heterocycles. The lowest BCUT2D eigenvalue weighted by atomic mass is 10.1. The SMILES string of the molecule is CN1CCN(CC2(CNc3nccs3)CC2)CC1. The number of piperazine rings is 1. The number of hydrogen-bond donors (Lipinski definition) is 1. The van der Waals surface area contributed by atoms with Crippen LogP contribution in [-0.2, 0) is 0 Å². The molecule has 3 rings (SSSR count). The predicted octanol–water partition coefficient (Wildman–Crippen LogP) is 1.58. The molecular formula is C13H22N4S. The molecule has 0 amide bonds. The summed E-state index contributed by atoms with van der Waals surface area (Å²) in [4.78, 5) is 9.35. The molecule has 1 N–H and O–H groups in total. The molecule has 0 radical (unpaired) electrons. The Morgan fingerprint density at radius 2 is 2.11 bits per heavy atom. The maximum absolute atomic E-state index is 4.29. The van der Waals surface area contributed by atoms with Gasteiger partial charge in [0, 0.05) is 56.3 Å². The molecule has 18 heavy (non-hydrogen) atoms. The quantitative estimate of drug-likeness (QED) is 0.877. The van der Waals surface area contributed by atoms with E-state index in [2.05, 4.69) is 27.1 Å². The number of hydrogen-bond acceptors (Lipinski definition) is 5. The van der Waals surface area contributed by atoms with Crippen LogP contribution in [-0.4, -0.2) is 61.1 Å². The Kier molecular flexibility index (Phi) is 3.54. The predicted molar refractivity (Wildman–Crippen MR) is 76.2 cm³/mol. The second-order valence-electron chi connectivity index (χ2n) is 5.77. The third kappa shape index (κ3) is 3.02. The van der Waals surface area contributed by atoms with E-state index in [4.69, 9.17) is 0 Å². The minimum absolute atomic E-state index is 0.529. The van der Waals surface area contributed by atoms with Gasteiger partial charge in [-0.05, 0) is 19.9 Å². The summed E-state index contributed by atoms with van der Waals surface area (Å²) in [5.41, 5.74) is 0.529. The lowest BCUT2D eigenvalue weighted by Gasteiger charge is -2.34. The van der Waals surface area contributed by atoms with Gasteiger partial charge in [-0.2, -0.15) is 0 Å². The summed E-state index contributed by atoms with van der Waals surface area (Å²) in [5.74, 6) is 0. The Hall–Kier alpha value is -0.650. The molecule has 2 heterocycles. The first-order valence-corrected chi connectivity index (χ1v) is 7.68. The van der Waals surface area contributed by atoms with Crippen LogP contribution >= 0.6 is 11.3 Å². The van der Waals surface area contributed by atoms with Crippen molar-refractivity contribution in [2.24, 2.45) is 5.41 Å². The van der Waals surface area contributed by atoms with Crippen molar-refractivity contribution in [1.29, 1.82) is 0 Å². The van der Waals surface area contributed by atoms with Gasteiger partial charge in [-0.1, -0.05) is 0 Å². The average molecular weight is 266 g/mol. The summed E-state index contributed by atoms with van der Waals surface area (Å²) in [5, 5.41) is 6.60. The third-order valence-corrected chi connectivity index (χ3v) is 4.89. The zero-order valence-corrected chi connectivity index (χ0v) is 11.9. The molecule has 1 aliphatic carbocycles. The number of nitrogens with one attached hydrogen (secondary N) is 1. The van der Waals surface area contributed by atoms with E-state index in [9.17, 15) is 0 Å². The topological polar surface area (TPSA) is 31.4 Å². The molecular weight excluding hydrogens is 244 g/mol. The van der Waals surface area contributed by atoms with E-state index in [1.165, 1.54) is 45.6 Å². The smallest absolute Gasteiger partial charge is 0.182 e. The van der Waals surface area contributed by atoms with Gasteiger partial charge < -0.3 is 15.1 Å². The first-order chi connectivity index (χ1) is 8.76. The molecule has 100 valence electrons. The van der Waals surface area contributed by atoms with Gasteiger partial charge in [0.2, 0.25) is 0 Å². The first-order valence-electron chi connectivity index (χ1n) is 6.80. The lowest BCUT2D eigenvalue weighted by Crippen LogP contribution is -2.47. The Labute approximate surface area is 113 Å². The maximum atomic E-state index is 4.29. The van der Waals surface area contributed by atoms with Gasteiger partial charge in [-0.25, -0.2) is 4.98 Å². The van der Waals surface area contributed by atoms with Crippen LogP contribution in [0.3, 0.4) is 0 Å². The Morgan fingerprint density at radius 1 is 1.33 bits per heavy atom. The summed E-state index contributed by atoms with van der Waals surface area (Å²) in [6.07, 6.45) is 4.61. The highest BCUT2D eigenvalue weighted by atomic mass is 32.1. The van der Waals surface area contributed by atoms with E-state index in [0.717, 1.165) is 11.7 Å². The van der Waals surface area contributed by atoms with E-state index in [0.29, 0.717) is 5.41 Å². The summed E-state index contributed by atoms with van der Waals surface area (Å²) >= 11 is 1.70. The Balaban J connectivity index is 1.46. The fourth-order valence-electron chi connectivity index (χ4n) is 2.62. The van der Waals surface area contributed by atoms with Crippen LogP contribution in [0.15, 0.2) is 11.6 Å². The fourth-order valence-corrected chi connectivity index (χ4v) is 3.15. The maximum Gasteiger partial charge on any atom is 0.182 e. The van der Waals surface area contributed by atoms with Crippen LogP contribution in [0, 0.1) is 5.41 Å². The first kappa shape index (κ1) is 12.4. The lowest BCUT2D eigenvalue weighted by molar-refractivity contribution is 0.133. The summed E-state index contributed by atoms with van der Waals surface area (Å²) in [7, 11) is 2.22. The summed E-state index contributed by atoms with van der Waals surface area (Å²) in [6, 6.07) is 0. The van der Waals surface area contributed by atoms with E-state index >= 15 is 0 Å². The summed E-state index contributed by atoms with van der Waals surface area (Å²) in [6.45, 7) is 7.25. The van der Waals surface area contributed by atoms with Crippen LogP contribution in [0.5, 0.6) is 0 Å². The molecule has 1 aromatic rings. The molecule has 0 aromatic carbocycles. The van der Waals surface area contributed by atoms with Gasteiger partial charge in [-0.3, -0.25) is 0 Å². The van der Waals surface area contributed by atoms with E-state index in [-0.39, 0.29) is 0 Å². The average Bonchev–Trinajstić information content (AvgIpc) is 2.93. The van der Waals surface area contributed by atoms with Crippen molar-refractivity contribution in [3.8, 4) is 0 Å². The van der Waals surface area contributed by atoms with Crippen LogP contribution in [0.1, 0.15) is 12.8 Å². The van der Waals surface area contributed by atoms with E-state index in [1.54, 1.807) is 11.3 Å². The van der Waals surface area contributed by atoms with E-state index < -0.39 is 0 Å². The number of nitrogens with zero attached hydrogens (tertiary/aromatic N) is 3. The number of rotatable bonds is 5. The largest absolute Gasteiger partial charge is 0.361 e. The Morgan fingerprint density at radius 3 is 2.72 bits per heavy atom. The molecule has 2 fully saturated rings. The molecule has 4 nitrogen and oxygen atoms in total. The van der Waals surface area contributed by atoms with Crippen molar-refractivity contribution >= 4 is 16.5 Å². The van der Waals surface area contributed by atoms with Gasteiger partial charge >= 0.3 is 0 Å². The molecule has 5 heteroatoms. The van der Waals surface area contributed by atoms with Gasteiger partial charge in [-0.15, -0.1) is 11.3 Å². The second-order valence-corrected chi connectivity index (χ2v) is 6.66. The summed E-state index contributed by atoms with van der Waals surface area (Å²) < 4.78 is 0. The monoisotopic (exact) mass is 266 g/mol. The van der Waals surface area contributed by atoms with Gasteiger partial charge in [0.05, 0.1) is 0 Å².